The molecule has 1 rings (SSSR count). The van der Waals surface area contributed by atoms with E-state index in [1.165, 1.54) is 0 Å². The van der Waals surface area contributed by atoms with Gasteiger partial charge in [0.2, 0.25) is 5.91 Å². The van der Waals surface area contributed by atoms with E-state index in [1.54, 1.807) is 6.92 Å². The molecule has 1 aliphatic rings. The number of nitrogens with one attached hydrogen (secondary N) is 1. The quantitative estimate of drug-likeness (QED) is 0.544. The first-order chi connectivity index (χ1) is 5.20. The molecule has 1 N–H and O–H groups in total. The number of rotatable bonds is 0. The number of hydrogen-bond acceptors (Lipinski definition) is 2. The van der Waals surface area contributed by atoms with Gasteiger partial charge in [0, 0.05) is 32.6 Å². The molecule has 1 atom stereocenters. The predicted molar refractivity (Wildman–Crippen MR) is 44.3 cm³/mol. The summed E-state index contributed by atoms with van der Waals surface area (Å²) in [6.07, 6.45) is 1.07. The Hall–Kier alpha value is -0.570. The second-order valence-corrected chi connectivity index (χ2v) is 3.15. The minimum absolute atomic E-state index is 0.195. The number of hydrogen-bond donors (Lipinski definition) is 1. The maximum atomic E-state index is 11.0. The molecule has 0 aromatic heterocycles. The number of amides is 1. The van der Waals surface area contributed by atoms with Crippen LogP contribution in [0, 0.1) is 0 Å². The molecule has 0 radical (unpaired) electrons. The molecule has 1 amide bonds. The van der Waals surface area contributed by atoms with Crippen molar-refractivity contribution in [2.75, 3.05) is 19.6 Å². The summed E-state index contributed by atoms with van der Waals surface area (Å²) in [4.78, 5) is 12.9. The van der Waals surface area contributed by atoms with Gasteiger partial charge in [-0.3, -0.25) is 4.79 Å². The minimum Gasteiger partial charge on any atom is -0.342 e. The third-order valence-corrected chi connectivity index (χ3v) is 2.15. The molecule has 1 saturated heterocycles. The highest BCUT2D eigenvalue weighted by molar-refractivity contribution is 5.73. The van der Waals surface area contributed by atoms with Crippen LogP contribution in [0.15, 0.2) is 0 Å². The molecule has 11 heavy (non-hydrogen) atoms. The standard InChI is InChI=1S/C8H16N2O/c1-7-3-5-10(8(2)11)6-4-9-7/h7,9H,3-6H2,1-2H3. The van der Waals surface area contributed by atoms with E-state index >= 15 is 0 Å². The maximum Gasteiger partial charge on any atom is 0.219 e. The van der Waals surface area contributed by atoms with Crippen molar-refractivity contribution >= 4 is 5.91 Å². The SMILES string of the molecule is CC(=O)N1CCNC(C)CC1. The van der Waals surface area contributed by atoms with Crippen molar-refractivity contribution in [3.05, 3.63) is 0 Å². The Morgan fingerprint density at radius 2 is 2.27 bits per heavy atom. The van der Waals surface area contributed by atoms with Gasteiger partial charge < -0.3 is 10.2 Å². The monoisotopic (exact) mass is 156 g/mol. The van der Waals surface area contributed by atoms with Crippen LogP contribution < -0.4 is 5.32 Å². The van der Waals surface area contributed by atoms with E-state index in [1.807, 2.05) is 4.90 Å². The molecule has 1 aliphatic heterocycles. The molecule has 0 aromatic carbocycles. The molecular weight excluding hydrogens is 140 g/mol. The molecule has 64 valence electrons. The van der Waals surface area contributed by atoms with Gasteiger partial charge in [0.05, 0.1) is 0 Å². The second kappa shape index (κ2) is 3.72. The van der Waals surface area contributed by atoms with Gasteiger partial charge in [-0.05, 0) is 13.3 Å². The lowest BCUT2D eigenvalue weighted by Gasteiger charge is -2.16. The van der Waals surface area contributed by atoms with Crippen LogP contribution in [0.2, 0.25) is 0 Å². The maximum absolute atomic E-state index is 11.0. The first-order valence-electron chi connectivity index (χ1n) is 4.19. The highest BCUT2D eigenvalue weighted by Crippen LogP contribution is 2.00. The number of nitrogens with zero attached hydrogens (tertiary/aromatic N) is 1. The van der Waals surface area contributed by atoms with E-state index < -0.39 is 0 Å². The molecule has 0 spiro atoms. The summed E-state index contributed by atoms with van der Waals surface area (Å²) in [5, 5.41) is 3.34. The van der Waals surface area contributed by atoms with Crippen LogP contribution in [0.5, 0.6) is 0 Å². The Labute approximate surface area is 67.8 Å². The molecule has 3 nitrogen and oxygen atoms in total. The van der Waals surface area contributed by atoms with Crippen LogP contribution in [0.4, 0.5) is 0 Å². The minimum atomic E-state index is 0.195. The average Bonchev–Trinajstić information content (AvgIpc) is 2.13. The fourth-order valence-corrected chi connectivity index (χ4v) is 1.32. The van der Waals surface area contributed by atoms with E-state index in [9.17, 15) is 4.79 Å². The van der Waals surface area contributed by atoms with Crippen LogP contribution in [0.3, 0.4) is 0 Å². The molecule has 3 heteroatoms. The van der Waals surface area contributed by atoms with Crippen LogP contribution >= 0.6 is 0 Å². The fourth-order valence-electron chi connectivity index (χ4n) is 1.32. The van der Waals surface area contributed by atoms with Crippen molar-refractivity contribution in [1.82, 2.24) is 10.2 Å². The smallest absolute Gasteiger partial charge is 0.219 e. The van der Waals surface area contributed by atoms with Gasteiger partial charge in [-0.15, -0.1) is 0 Å². The van der Waals surface area contributed by atoms with Gasteiger partial charge >= 0.3 is 0 Å². The molecule has 0 aromatic rings. The van der Waals surface area contributed by atoms with Crippen molar-refractivity contribution in [3.8, 4) is 0 Å². The lowest BCUT2D eigenvalue weighted by atomic mass is 10.2. The zero-order valence-electron chi connectivity index (χ0n) is 7.26. The van der Waals surface area contributed by atoms with Gasteiger partial charge in [-0.1, -0.05) is 0 Å². The van der Waals surface area contributed by atoms with Crippen molar-refractivity contribution < 1.29 is 4.79 Å². The highest BCUT2D eigenvalue weighted by Gasteiger charge is 2.13. The summed E-state index contributed by atoms with van der Waals surface area (Å²) in [7, 11) is 0. The van der Waals surface area contributed by atoms with Gasteiger partial charge in [-0.25, -0.2) is 0 Å². The normalized spacial score (nSPS) is 26.4. The first kappa shape index (κ1) is 8.53. The van der Waals surface area contributed by atoms with Crippen LogP contribution in [-0.4, -0.2) is 36.5 Å². The molecule has 0 aliphatic carbocycles. The van der Waals surface area contributed by atoms with Gasteiger partial charge in [-0.2, -0.15) is 0 Å². The van der Waals surface area contributed by atoms with E-state index in [2.05, 4.69) is 12.2 Å². The highest BCUT2D eigenvalue weighted by atomic mass is 16.2. The molecular formula is C8H16N2O. The van der Waals surface area contributed by atoms with Gasteiger partial charge in [0.1, 0.15) is 0 Å². The summed E-state index contributed by atoms with van der Waals surface area (Å²) >= 11 is 0. The molecule has 0 saturated carbocycles. The molecule has 1 unspecified atom stereocenters. The van der Waals surface area contributed by atoms with Gasteiger partial charge in [0.25, 0.3) is 0 Å². The second-order valence-electron chi connectivity index (χ2n) is 3.15. The van der Waals surface area contributed by atoms with Crippen molar-refractivity contribution in [1.29, 1.82) is 0 Å². The molecule has 0 bridgehead atoms. The van der Waals surface area contributed by atoms with E-state index in [0.29, 0.717) is 6.04 Å². The fraction of sp³-hybridized carbons (Fsp3) is 0.875. The Morgan fingerprint density at radius 1 is 1.55 bits per heavy atom. The average molecular weight is 156 g/mol. The Kier molecular flexibility index (Phi) is 2.88. The Morgan fingerprint density at radius 3 is 2.91 bits per heavy atom. The lowest BCUT2D eigenvalue weighted by molar-refractivity contribution is -0.128. The number of carbonyl (C=O) groups is 1. The predicted octanol–water partition coefficient (Wildman–Crippen LogP) is 0.217. The summed E-state index contributed by atoms with van der Waals surface area (Å²) in [6, 6.07) is 0.555. The zero-order valence-corrected chi connectivity index (χ0v) is 7.26. The Bertz CT molecular complexity index is 147. The topological polar surface area (TPSA) is 32.3 Å². The summed E-state index contributed by atoms with van der Waals surface area (Å²) in [5.74, 6) is 0.195. The molecule has 1 heterocycles. The Balaban J connectivity index is 2.40. The largest absolute Gasteiger partial charge is 0.342 e. The summed E-state index contributed by atoms with van der Waals surface area (Å²) in [6.45, 7) is 6.49. The van der Waals surface area contributed by atoms with E-state index in [0.717, 1.165) is 26.1 Å². The van der Waals surface area contributed by atoms with Crippen molar-refractivity contribution in [2.24, 2.45) is 0 Å². The van der Waals surface area contributed by atoms with Crippen molar-refractivity contribution in [2.45, 2.75) is 26.3 Å². The van der Waals surface area contributed by atoms with Gasteiger partial charge in [0.15, 0.2) is 0 Å². The number of carbonyl (C=O) groups excluding carboxylic acids is 1. The lowest BCUT2D eigenvalue weighted by Crippen LogP contribution is -2.32. The molecule has 1 fully saturated rings. The first-order valence-corrected chi connectivity index (χ1v) is 4.19. The third-order valence-electron chi connectivity index (χ3n) is 2.15. The van der Waals surface area contributed by atoms with E-state index in [4.69, 9.17) is 0 Å². The van der Waals surface area contributed by atoms with Crippen molar-refractivity contribution in [3.63, 3.8) is 0 Å². The summed E-state index contributed by atoms with van der Waals surface area (Å²) < 4.78 is 0. The third kappa shape index (κ3) is 2.50. The van der Waals surface area contributed by atoms with Crippen LogP contribution in [0.1, 0.15) is 20.3 Å². The van der Waals surface area contributed by atoms with Crippen LogP contribution in [-0.2, 0) is 4.79 Å². The van der Waals surface area contributed by atoms with E-state index in [-0.39, 0.29) is 5.91 Å². The van der Waals surface area contributed by atoms with Crippen LogP contribution in [0.25, 0.3) is 0 Å². The summed E-state index contributed by atoms with van der Waals surface area (Å²) in [5.41, 5.74) is 0. The zero-order chi connectivity index (χ0) is 8.27.